The number of halogens is 2. The minimum atomic E-state index is -1.17. The van der Waals surface area contributed by atoms with E-state index in [1.807, 2.05) is 4.57 Å². The minimum absolute atomic E-state index is 0.0903. The Hall–Kier alpha value is -2.69. The zero-order valence-electron chi connectivity index (χ0n) is 10.9. The minimum Gasteiger partial charge on any atom is -0.478 e. The molecule has 3 aromatic rings. The zero-order valence-corrected chi connectivity index (χ0v) is 10.9. The number of nitrogens with zero attached hydrogens (tertiary/aromatic N) is 1. The van der Waals surface area contributed by atoms with Gasteiger partial charge in [-0.3, -0.25) is 0 Å². The first-order valence-corrected chi connectivity index (χ1v) is 6.30. The van der Waals surface area contributed by atoms with Gasteiger partial charge in [-0.25, -0.2) is 13.6 Å². The molecular formula is C16H11F2NO2. The number of aromatic nitrogens is 1. The van der Waals surface area contributed by atoms with Crippen molar-refractivity contribution in [3.8, 4) is 0 Å². The van der Waals surface area contributed by atoms with Gasteiger partial charge in [-0.05, 0) is 48.0 Å². The van der Waals surface area contributed by atoms with Crippen molar-refractivity contribution < 1.29 is 18.7 Å². The van der Waals surface area contributed by atoms with Gasteiger partial charge in [0.25, 0.3) is 0 Å². The fraction of sp³-hybridized carbons (Fsp3) is 0.0625. The Morgan fingerprint density at radius 3 is 2.62 bits per heavy atom. The lowest BCUT2D eigenvalue weighted by Gasteiger charge is -2.07. The second kappa shape index (κ2) is 5.01. The molecule has 5 heteroatoms. The molecule has 0 spiro atoms. The lowest BCUT2D eigenvalue weighted by atomic mass is 10.1. The fourth-order valence-electron chi connectivity index (χ4n) is 2.37. The predicted octanol–water partition coefficient (Wildman–Crippen LogP) is 3.67. The van der Waals surface area contributed by atoms with Gasteiger partial charge in [0.1, 0.15) is 11.6 Å². The highest BCUT2D eigenvalue weighted by Gasteiger charge is 2.09. The predicted molar refractivity (Wildman–Crippen MR) is 74.4 cm³/mol. The molecule has 1 aromatic heterocycles. The number of carboxylic acid groups (broad SMARTS) is 1. The normalized spacial score (nSPS) is 11.0. The van der Waals surface area contributed by atoms with Crippen LogP contribution in [0.5, 0.6) is 0 Å². The number of fused-ring (bicyclic) bond motifs is 1. The molecule has 106 valence electrons. The number of carboxylic acids is 1. The third kappa shape index (κ3) is 2.63. The topological polar surface area (TPSA) is 42.2 Å². The summed E-state index contributed by atoms with van der Waals surface area (Å²) in [5, 5.41) is 9.69. The Morgan fingerprint density at radius 2 is 1.86 bits per heavy atom. The molecule has 0 aliphatic rings. The molecule has 0 fully saturated rings. The molecule has 3 rings (SSSR count). The molecule has 0 aliphatic carbocycles. The van der Waals surface area contributed by atoms with Gasteiger partial charge in [0.05, 0.1) is 5.56 Å². The van der Waals surface area contributed by atoms with Crippen LogP contribution in [0.15, 0.2) is 48.7 Å². The molecule has 2 aromatic carbocycles. The lowest BCUT2D eigenvalue weighted by molar-refractivity contribution is 0.0696. The second-order valence-electron chi connectivity index (χ2n) is 4.80. The SMILES string of the molecule is O=C(O)c1cc(F)cc(Cn2ccc3cc(F)ccc32)c1. The van der Waals surface area contributed by atoms with E-state index in [1.165, 1.54) is 24.3 Å². The molecule has 1 heterocycles. The van der Waals surface area contributed by atoms with Crippen LogP contribution in [-0.4, -0.2) is 15.6 Å². The molecule has 0 aliphatic heterocycles. The Balaban J connectivity index is 2.00. The van der Waals surface area contributed by atoms with Crippen molar-refractivity contribution in [1.29, 1.82) is 0 Å². The fourth-order valence-corrected chi connectivity index (χ4v) is 2.37. The summed E-state index contributed by atoms with van der Waals surface area (Å²) in [6, 6.07) is 9.88. The van der Waals surface area contributed by atoms with Crippen LogP contribution in [0.1, 0.15) is 15.9 Å². The van der Waals surface area contributed by atoms with Gasteiger partial charge in [0.2, 0.25) is 0 Å². The molecule has 0 atom stereocenters. The van der Waals surface area contributed by atoms with Crippen LogP contribution in [0.2, 0.25) is 0 Å². The average Bonchev–Trinajstić information content (AvgIpc) is 2.80. The number of rotatable bonds is 3. The van der Waals surface area contributed by atoms with E-state index in [1.54, 1.807) is 18.3 Å². The van der Waals surface area contributed by atoms with Gasteiger partial charge in [-0.15, -0.1) is 0 Å². The first kappa shape index (κ1) is 13.3. The van der Waals surface area contributed by atoms with E-state index in [0.717, 1.165) is 17.0 Å². The van der Waals surface area contributed by atoms with Gasteiger partial charge in [-0.1, -0.05) is 0 Å². The monoisotopic (exact) mass is 287 g/mol. The van der Waals surface area contributed by atoms with E-state index in [-0.39, 0.29) is 11.4 Å². The summed E-state index contributed by atoms with van der Waals surface area (Å²) in [5.41, 5.74) is 1.25. The lowest BCUT2D eigenvalue weighted by Crippen LogP contribution is -2.03. The van der Waals surface area contributed by atoms with Crippen LogP contribution in [0.25, 0.3) is 10.9 Å². The Bertz CT molecular complexity index is 839. The van der Waals surface area contributed by atoms with Crippen LogP contribution >= 0.6 is 0 Å². The number of aromatic carboxylic acids is 1. The molecule has 0 radical (unpaired) electrons. The van der Waals surface area contributed by atoms with Crippen LogP contribution < -0.4 is 0 Å². The summed E-state index contributed by atoms with van der Waals surface area (Å²) >= 11 is 0. The van der Waals surface area contributed by atoms with E-state index < -0.39 is 11.8 Å². The summed E-state index contributed by atoms with van der Waals surface area (Å²) in [7, 11) is 0. The van der Waals surface area contributed by atoms with Crippen molar-refractivity contribution in [3.63, 3.8) is 0 Å². The van der Waals surface area contributed by atoms with Crippen molar-refractivity contribution in [3.05, 3.63) is 71.4 Å². The van der Waals surface area contributed by atoms with Crippen molar-refractivity contribution in [2.75, 3.05) is 0 Å². The van der Waals surface area contributed by atoms with Crippen LogP contribution in [-0.2, 0) is 6.54 Å². The smallest absolute Gasteiger partial charge is 0.335 e. The van der Waals surface area contributed by atoms with Crippen molar-refractivity contribution in [2.24, 2.45) is 0 Å². The second-order valence-corrected chi connectivity index (χ2v) is 4.80. The third-order valence-corrected chi connectivity index (χ3v) is 3.29. The summed E-state index contributed by atoms with van der Waals surface area (Å²) in [6.45, 7) is 0.313. The van der Waals surface area contributed by atoms with Crippen molar-refractivity contribution in [1.82, 2.24) is 4.57 Å². The maximum absolute atomic E-state index is 13.5. The highest BCUT2D eigenvalue weighted by atomic mass is 19.1. The third-order valence-electron chi connectivity index (χ3n) is 3.29. The first-order valence-electron chi connectivity index (χ1n) is 6.30. The molecule has 0 bridgehead atoms. The molecule has 21 heavy (non-hydrogen) atoms. The highest BCUT2D eigenvalue weighted by molar-refractivity contribution is 5.87. The quantitative estimate of drug-likeness (QED) is 0.798. The molecule has 0 saturated carbocycles. The van der Waals surface area contributed by atoms with Gasteiger partial charge < -0.3 is 9.67 Å². The van der Waals surface area contributed by atoms with Gasteiger partial charge in [-0.2, -0.15) is 0 Å². The molecule has 0 amide bonds. The highest BCUT2D eigenvalue weighted by Crippen LogP contribution is 2.19. The van der Waals surface area contributed by atoms with Gasteiger partial charge in [0.15, 0.2) is 0 Å². The van der Waals surface area contributed by atoms with Crippen molar-refractivity contribution in [2.45, 2.75) is 6.54 Å². The number of hydrogen-bond donors (Lipinski definition) is 1. The van der Waals surface area contributed by atoms with E-state index in [2.05, 4.69) is 0 Å². The van der Waals surface area contributed by atoms with E-state index in [9.17, 15) is 13.6 Å². The standard InChI is InChI=1S/C16H11F2NO2/c17-13-1-2-15-11(7-13)3-4-19(15)9-10-5-12(16(20)21)8-14(18)6-10/h1-8H,9H2,(H,20,21). The van der Waals surface area contributed by atoms with Crippen molar-refractivity contribution >= 4 is 16.9 Å². The summed E-state index contributed by atoms with van der Waals surface area (Å²) < 4.78 is 28.4. The molecule has 0 saturated heterocycles. The van der Waals surface area contributed by atoms with E-state index in [4.69, 9.17) is 5.11 Å². The number of benzene rings is 2. The van der Waals surface area contributed by atoms with E-state index in [0.29, 0.717) is 12.1 Å². The van der Waals surface area contributed by atoms with Gasteiger partial charge in [0, 0.05) is 23.6 Å². The number of hydrogen-bond acceptors (Lipinski definition) is 1. The maximum atomic E-state index is 13.5. The van der Waals surface area contributed by atoms with Gasteiger partial charge >= 0.3 is 5.97 Å². The molecule has 0 unspecified atom stereocenters. The zero-order chi connectivity index (χ0) is 15.0. The maximum Gasteiger partial charge on any atom is 0.335 e. The Morgan fingerprint density at radius 1 is 1.05 bits per heavy atom. The Kier molecular flexibility index (Phi) is 3.17. The first-order chi connectivity index (χ1) is 10.0. The van der Waals surface area contributed by atoms with Crippen LogP contribution in [0.4, 0.5) is 8.78 Å². The Labute approximate surface area is 119 Å². The summed E-state index contributed by atoms with van der Waals surface area (Å²) in [5.74, 6) is -2.08. The largest absolute Gasteiger partial charge is 0.478 e. The summed E-state index contributed by atoms with van der Waals surface area (Å²) in [6.07, 6.45) is 1.76. The van der Waals surface area contributed by atoms with Crippen LogP contribution in [0, 0.1) is 11.6 Å². The molecular weight excluding hydrogens is 276 g/mol. The molecule has 3 nitrogen and oxygen atoms in total. The summed E-state index contributed by atoms with van der Waals surface area (Å²) in [4.78, 5) is 10.9. The number of carbonyl (C=O) groups is 1. The molecule has 1 N–H and O–H groups in total. The average molecular weight is 287 g/mol. The van der Waals surface area contributed by atoms with E-state index >= 15 is 0 Å². The van der Waals surface area contributed by atoms with Crippen LogP contribution in [0.3, 0.4) is 0 Å².